The van der Waals surface area contributed by atoms with Crippen molar-refractivity contribution in [2.75, 3.05) is 0 Å². The van der Waals surface area contributed by atoms with E-state index in [4.69, 9.17) is 0 Å². The quantitative estimate of drug-likeness (QED) is 0.172. The average Bonchev–Trinajstić information content (AvgIpc) is 3.99. The highest BCUT2D eigenvalue weighted by Crippen LogP contribution is 2.64. The van der Waals surface area contributed by atoms with Gasteiger partial charge in [0, 0.05) is 53.1 Å². The molecule has 2 nitrogen and oxygen atoms in total. The maximum Gasteiger partial charge on any atom is 0.0547 e. The SMILES string of the molecule is c1ccc2c(c1)sc1ccc(-n3c4ccccc4c4c(-c5ccc6c(c5)c5ccccc5n6-c5ccc(C67CC8CC(C6)C(C8)C7)cc5)cccc43)cc12. The lowest BCUT2D eigenvalue weighted by molar-refractivity contribution is 0.229. The van der Waals surface area contributed by atoms with Gasteiger partial charge in [-0.15, -0.1) is 11.3 Å². The van der Waals surface area contributed by atoms with Gasteiger partial charge in [0.1, 0.15) is 0 Å². The van der Waals surface area contributed by atoms with Crippen LogP contribution >= 0.6 is 11.3 Å². The zero-order valence-electron chi connectivity index (χ0n) is 30.0. The number of para-hydroxylation sites is 2. The van der Waals surface area contributed by atoms with Gasteiger partial charge >= 0.3 is 0 Å². The van der Waals surface area contributed by atoms with Crippen LogP contribution in [0.3, 0.4) is 0 Å². The molecule has 2 unspecified atom stereocenters. The van der Waals surface area contributed by atoms with Gasteiger partial charge in [0.15, 0.2) is 0 Å². The molecule has 10 aromatic rings. The third kappa shape index (κ3) is 4.00. The molecular formula is C51H38N2S. The van der Waals surface area contributed by atoms with Crippen LogP contribution in [0.1, 0.15) is 37.7 Å². The molecule has 258 valence electrons. The smallest absolute Gasteiger partial charge is 0.0547 e. The van der Waals surface area contributed by atoms with E-state index >= 15 is 0 Å². The van der Waals surface area contributed by atoms with Crippen LogP contribution in [0.4, 0.5) is 0 Å². The maximum atomic E-state index is 2.49. The van der Waals surface area contributed by atoms with Crippen molar-refractivity contribution in [3.8, 4) is 22.5 Å². The fourth-order valence-electron chi connectivity index (χ4n) is 11.9. The second kappa shape index (κ2) is 10.7. The molecule has 7 aromatic carbocycles. The van der Waals surface area contributed by atoms with Crippen molar-refractivity contribution in [3.05, 3.63) is 157 Å². The topological polar surface area (TPSA) is 9.86 Å². The molecule has 4 aliphatic rings. The number of thiophene rings is 1. The molecule has 3 aromatic heterocycles. The lowest BCUT2D eigenvalue weighted by atomic mass is 9.66. The fraction of sp³-hybridized carbons (Fsp3) is 0.176. The Balaban J connectivity index is 0.968. The van der Waals surface area contributed by atoms with Crippen molar-refractivity contribution in [2.24, 2.45) is 17.8 Å². The number of rotatable bonds is 4. The summed E-state index contributed by atoms with van der Waals surface area (Å²) in [4.78, 5) is 0. The molecule has 0 saturated heterocycles. The summed E-state index contributed by atoms with van der Waals surface area (Å²) in [5, 5.41) is 7.84. The average molecular weight is 711 g/mol. The van der Waals surface area contributed by atoms with Gasteiger partial charge in [-0.05, 0) is 139 Å². The molecule has 0 spiro atoms. The Kier molecular flexibility index (Phi) is 5.92. The summed E-state index contributed by atoms with van der Waals surface area (Å²) < 4.78 is 7.63. The van der Waals surface area contributed by atoms with E-state index in [0.29, 0.717) is 5.41 Å². The van der Waals surface area contributed by atoms with Gasteiger partial charge in [-0.25, -0.2) is 0 Å². The Labute approximate surface area is 317 Å². The van der Waals surface area contributed by atoms with Crippen molar-refractivity contribution < 1.29 is 0 Å². The Bertz CT molecular complexity index is 3150. The predicted molar refractivity (Wildman–Crippen MR) is 229 cm³/mol. The Hall–Kier alpha value is -5.64. The van der Waals surface area contributed by atoms with Crippen molar-refractivity contribution in [1.82, 2.24) is 9.13 Å². The molecule has 54 heavy (non-hydrogen) atoms. The van der Waals surface area contributed by atoms with E-state index in [1.807, 2.05) is 11.3 Å². The monoisotopic (exact) mass is 710 g/mol. The van der Waals surface area contributed by atoms with Gasteiger partial charge in [-0.2, -0.15) is 0 Å². The molecule has 0 aliphatic heterocycles. The summed E-state index contributed by atoms with van der Waals surface area (Å²) in [7, 11) is 0. The van der Waals surface area contributed by atoms with E-state index in [1.54, 1.807) is 5.56 Å². The van der Waals surface area contributed by atoms with Crippen molar-refractivity contribution in [3.63, 3.8) is 0 Å². The largest absolute Gasteiger partial charge is 0.309 e. The molecule has 4 bridgehead atoms. The first-order valence-corrected chi connectivity index (χ1v) is 20.6. The highest BCUT2D eigenvalue weighted by atomic mass is 32.1. The number of aromatic nitrogens is 2. The summed E-state index contributed by atoms with van der Waals surface area (Å²) in [5.74, 6) is 2.93. The normalized spacial score (nSPS) is 22.0. The van der Waals surface area contributed by atoms with E-state index in [0.717, 1.165) is 17.8 Å². The van der Waals surface area contributed by atoms with Crippen LogP contribution in [0.15, 0.2) is 152 Å². The summed E-state index contributed by atoms with van der Waals surface area (Å²) in [6, 6.07) is 57.4. The molecule has 3 heterocycles. The van der Waals surface area contributed by atoms with E-state index in [-0.39, 0.29) is 0 Å². The molecule has 14 rings (SSSR count). The van der Waals surface area contributed by atoms with Gasteiger partial charge in [0.2, 0.25) is 0 Å². The molecule has 0 N–H and O–H groups in total. The molecule has 0 radical (unpaired) electrons. The third-order valence-electron chi connectivity index (χ3n) is 14.0. The molecule has 3 heteroatoms. The second-order valence-corrected chi connectivity index (χ2v) is 17.8. The van der Waals surface area contributed by atoms with Gasteiger partial charge in [0.25, 0.3) is 0 Å². The molecule has 4 saturated carbocycles. The number of hydrogen-bond acceptors (Lipinski definition) is 1. The minimum atomic E-state index is 0.430. The van der Waals surface area contributed by atoms with Crippen molar-refractivity contribution in [2.45, 2.75) is 37.5 Å². The first-order chi connectivity index (χ1) is 26.7. The summed E-state index contributed by atoms with van der Waals surface area (Å²) in [6.07, 6.45) is 7.22. The van der Waals surface area contributed by atoms with Crippen LogP contribution in [-0.4, -0.2) is 9.13 Å². The van der Waals surface area contributed by atoms with E-state index in [9.17, 15) is 0 Å². The van der Waals surface area contributed by atoms with Crippen LogP contribution in [0, 0.1) is 17.8 Å². The summed E-state index contributed by atoms with van der Waals surface area (Å²) >= 11 is 1.88. The van der Waals surface area contributed by atoms with Crippen LogP contribution in [0.25, 0.3) is 86.3 Å². The van der Waals surface area contributed by atoms with Crippen molar-refractivity contribution in [1.29, 1.82) is 0 Å². The zero-order valence-corrected chi connectivity index (χ0v) is 30.8. The Morgan fingerprint density at radius 1 is 0.463 bits per heavy atom. The summed E-state index contributed by atoms with van der Waals surface area (Å²) in [5.41, 5.74) is 12.0. The van der Waals surface area contributed by atoms with E-state index < -0.39 is 0 Å². The highest BCUT2D eigenvalue weighted by molar-refractivity contribution is 7.25. The number of hydrogen-bond donors (Lipinski definition) is 0. The zero-order chi connectivity index (χ0) is 35.1. The second-order valence-electron chi connectivity index (χ2n) is 16.7. The highest BCUT2D eigenvalue weighted by Gasteiger charge is 2.56. The van der Waals surface area contributed by atoms with Crippen LogP contribution in [0.2, 0.25) is 0 Å². The molecule has 0 amide bonds. The van der Waals surface area contributed by atoms with E-state index in [1.165, 1.54) is 118 Å². The molecule has 2 atom stereocenters. The summed E-state index contributed by atoms with van der Waals surface area (Å²) in [6.45, 7) is 0. The van der Waals surface area contributed by atoms with E-state index in [2.05, 4.69) is 161 Å². The van der Waals surface area contributed by atoms with Crippen LogP contribution < -0.4 is 0 Å². The van der Waals surface area contributed by atoms with Gasteiger partial charge in [0.05, 0.1) is 22.1 Å². The first kappa shape index (κ1) is 29.8. The van der Waals surface area contributed by atoms with Crippen LogP contribution in [-0.2, 0) is 5.41 Å². The predicted octanol–water partition coefficient (Wildman–Crippen LogP) is 14.0. The van der Waals surface area contributed by atoms with Crippen LogP contribution in [0.5, 0.6) is 0 Å². The maximum absolute atomic E-state index is 2.49. The molecular weight excluding hydrogens is 673 g/mol. The van der Waals surface area contributed by atoms with Gasteiger partial charge < -0.3 is 9.13 Å². The Morgan fingerprint density at radius 2 is 1.11 bits per heavy atom. The molecule has 4 fully saturated rings. The number of nitrogens with zero attached hydrogens (tertiary/aromatic N) is 2. The standard InChI is InChI=1S/C51H38N2S/c1-4-12-44-39(8-1)42-26-32(16-22-46(42)52(44)36-19-17-35(18-20-36)51-28-31-24-33(29-51)34(25-31)30-51)38-11-7-14-47-50(38)41-10-2-5-13-45(41)53(47)37-21-23-49-43(27-37)40-9-3-6-15-48(40)54-49/h1-23,26-27,31,33-34H,24-25,28-30H2. The first-order valence-electron chi connectivity index (χ1n) is 19.8. The van der Waals surface area contributed by atoms with Crippen molar-refractivity contribution >= 4 is 75.1 Å². The minimum absolute atomic E-state index is 0.430. The minimum Gasteiger partial charge on any atom is -0.309 e. The Morgan fingerprint density at radius 3 is 1.93 bits per heavy atom. The lowest BCUT2D eigenvalue weighted by Gasteiger charge is -2.39. The number of benzene rings is 7. The molecule has 4 aliphatic carbocycles. The van der Waals surface area contributed by atoms with Gasteiger partial charge in [-0.3, -0.25) is 0 Å². The fourth-order valence-corrected chi connectivity index (χ4v) is 13.0. The number of fused-ring (bicyclic) bond motifs is 9. The third-order valence-corrected chi connectivity index (χ3v) is 15.1. The van der Waals surface area contributed by atoms with Gasteiger partial charge in [-0.1, -0.05) is 84.9 Å². The lowest BCUT2D eigenvalue weighted by Crippen LogP contribution is -2.31.